The molecule has 0 radical (unpaired) electrons. The van der Waals surface area contributed by atoms with Crippen molar-refractivity contribution in [3.8, 4) is 5.75 Å². The van der Waals surface area contributed by atoms with Crippen molar-refractivity contribution in [3.05, 3.63) is 53.9 Å². The number of aryl methyl sites for hydroxylation is 1. The van der Waals surface area contributed by atoms with Gasteiger partial charge in [-0.15, -0.1) is 0 Å². The average Bonchev–Trinajstić information content (AvgIpc) is 2.89. The second-order valence-corrected chi connectivity index (χ2v) is 4.52. The predicted molar refractivity (Wildman–Crippen MR) is 77.2 cm³/mol. The first-order valence-corrected chi connectivity index (χ1v) is 6.51. The molecule has 0 saturated heterocycles. The van der Waals surface area contributed by atoms with E-state index in [1.54, 1.807) is 36.1 Å². The Labute approximate surface area is 126 Å². The Bertz CT molecular complexity index is 651. The second kappa shape index (κ2) is 7.35. The van der Waals surface area contributed by atoms with E-state index in [2.05, 4.69) is 15.2 Å². The Kier molecular flexibility index (Phi) is 5.24. The lowest BCUT2D eigenvalue weighted by atomic mass is 10.2. The van der Waals surface area contributed by atoms with Crippen LogP contribution in [0.2, 0.25) is 0 Å². The quantitative estimate of drug-likeness (QED) is 0.834. The summed E-state index contributed by atoms with van der Waals surface area (Å²) in [5, 5.41) is 6.72. The minimum Gasteiger partial charge on any atom is -0.435 e. The highest BCUT2D eigenvalue weighted by Gasteiger charge is 2.03. The lowest BCUT2D eigenvalue weighted by Crippen LogP contribution is -2.19. The van der Waals surface area contributed by atoms with Crippen LogP contribution < -0.4 is 10.1 Å². The molecule has 1 heterocycles. The summed E-state index contributed by atoms with van der Waals surface area (Å²) in [6.45, 7) is -2.46. The molecule has 2 rings (SSSR count). The van der Waals surface area contributed by atoms with Crippen molar-refractivity contribution < 1.29 is 18.3 Å². The summed E-state index contributed by atoms with van der Waals surface area (Å²) in [4.78, 5) is 11.7. The van der Waals surface area contributed by atoms with E-state index in [-0.39, 0.29) is 11.7 Å². The molecule has 0 fully saturated rings. The number of carbonyl (C=O) groups excluding carboxylic acids is 1. The van der Waals surface area contributed by atoms with Crippen molar-refractivity contribution in [2.75, 3.05) is 0 Å². The van der Waals surface area contributed by atoms with Crippen molar-refractivity contribution in [2.24, 2.45) is 7.05 Å². The maximum atomic E-state index is 12.0. The molecule has 5 nitrogen and oxygen atoms in total. The summed E-state index contributed by atoms with van der Waals surface area (Å²) >= 11 is 0. The normalized spacial score (nSPS) is 11.1. The van der Waals surface area contributed by atoms with Crippen molar-refractivity contribution >= 4 is 12.0 Å². The van der Waals surface area contributed by atoms with Gasteiger partial charge in [0.05, 0.1) is 6.20 Å². The Morgan fingerprint density at radius 2 is 2.14 bits per heavy atom. The molecular weight excluding hydrogens is 292 g/mol. The number of hydrogen-bond acceptors (Lipinski definition) is 3. The van der Waals surface area contributed by atoms with Crippen molar-refractivity contribution in [3.63, 3.8) is 0 Å². The van der Waals surface area contributed by atoms with Gasteiger partial charge in [0.1, 0.15) is 5.75 Å². The number of amides is 1. The Morgan fingerprint density at radius 1 is 1.41 bits per heavy atom. The van der Waals surface area contributed by atoms with Crippen LogP contribution in [0.3, 0.4) is 0 Å². The van der Waals surface area contributed by atoms with E-state index in [4.69, 9.17) is 0 Å². The largest absolute Gasteiger partial charge is 0.435 e. The summed E-state index contributed by atoms with van der Waals surface area (Å²) < 4.78 is 29.9. The number of rotatable bonds is 6. The third kappa shape index (κ3) is 5.01. The molecule has 1 aromatic carbocycles. The number of alkyl halides is 2. The van der Waals surface area contributed by atoms with Gasteiger partial charge in [-0.2, -0.15) is 13.9 Å². The highest BCUT2D eigenvalue weighted by atomic mass is 19.3. The molecule has 0 bridgehead atoms. The van der Waals surface area contributed by atoms with E-state index in [0.29, 0.717) is 12.1 Å². The zero-order valence-corrected chi connectivity index (χ0v) is 11.9. The molecule has 0 aliphatic carbocycles. The SMILES string of the molecule is Cn1cc(CNC(=O)/C=C\c2ccc(OC(F)F)cc2)cn1. The number of halogens is 2. The third-order valence-electron chi connectivity index (χ3n) is 2.76. The van der Waals surface area contributed by atoms with Crippen molar-refractivity contribution in [2.45, 2.75) is 13.2 Å². The van der Waals surface area contributed by atoms with Gasteiger partial charge in [0, 0.05) is 31.4 Å². The number of nitrogens with zero attached hydrogens (tertiary/aromatic N) is 2. The van der Waals surface area contributed by atoms with Gasteiger partial charge in [0.2, 0.25) is 5.91 Å². The highest BCUT2D eigenvalue weighted by molar-refractivity contribution is 5.91. The van der Waals surface area contributed by atoms with Gasteiger partial charge in [-0.05, 0) is 23.8 Å². The van der Waals surface area contributed by atoms with Crippen LogP contribution in [0.4, 0.5) is 8.78 Å². The number of carbonyl (C=O) groups is 1. The molecule has 0 aliphatic rings. The fourth-order valence-electron chi connectivity index (χ4n) is 1.74. The number of hydrogen-bond donors (Lipinski definition) is 1. The first-order chi connectivity index (χ1) is 10.5. The van der Waals surface area contributed by atoms with E-state index in [0.717, 1.165) is 5.56 Å². The van der Waals surface area contributed by atoms with Gasteiger partial charge in [0.25, 0.3) is 0 Å². The van der Waals surface area contributed by atoms with Gasteiger partial charge in [-0.3, -0.25) is 9.48 Å². The molecule has 1 N–H and O–H groups in total. The van der Waals surface area contributed by atoms with E-state index < -0.39 is 6.61 Å². The van der Waals surface area contributed by atoms with Crippen LogP contribution >= 0.6 is 0 Å². The molecule has 22 heavy (non-hydrogen) atoms. The fraction of sp³-hybridized carbons (Fsp3) is 0.200. The molecule has 0 spiro atoms. The van der Waals surface area contributed by atoms with E-state index >= 15 is 0 Å². The molecule has 0 saturated carbocycles. The van der Waals surface area contributed by atoms with Gasteiger partial charge in [-0.25, -0.2) is 0 Å². The molecular formula is C15H15F2N3O2. The minimum atomic E-state index is -2.85. The van der Waals surface area contributed by atoms with Crippen LogP contribution in [0.25, 0.3) is 6.08 Å². The van der Waals surface area contributed by atoms with E-state index in [1.165, 1.54) is 18.2 Å². The Morgan fingerprint density at radius 3 is 2.73 bits per heavy atom. The predicted octanol–water partition coefficient (Wildman–Crippen LogP) is 2.35. The number of nitrogens with one attached hydrogen (secondary N) is 1. The molecule has 0 atom stereocenters. The van der Waals surface area contributed by atoms with Crippen LogP contribution in [0.5, 0.6) is 5.75 Å². The van der Waals surface area contributed by atoms with Gasteiger partial charge in [0.15, 0.2) is 0 Å². The molecule has 7 heteroatoms. The maximum absolute atomic E-state index is 12.0. The third-order valence-corrected chi connectivity index (χ3v) is 2.76. The van der Waals surface area contributed by atoms with Gasteiger partial charge >= 0.3 is 6.61 Å². The molecule has 0 aliphatic heterocycles. The van der Waals surface area contributed by atoms with Gasteiger partial charge in [-0.1, -0.05) is 12.1 Å². The van der Waals surface area contributed by atoms with Crippen LogP contribution in [0.15, 0.2) is 42.7 Å². The zero-order valence-electron chi connectivity index (χ0n) is 11.9. The summed E-state index contributed by atoms with van der Waals surface area (Å²) in [5.74, 6) is -0.176. The summed E-state index contributed by atoms with van der Waals surface area (Å²) in [6.07, 6.45) is 6.45. The van der Waals surface area contributed by atoms with E-state index in [9.17, 15) is 13.6 Å². The summed E-state index contributed by atoms with van der Waals surface area (Å²) in [7, 11) is 1.80. The van der Waals surface area contributed by atoms with Crippen molar-refractivity contribution in [1.29, 1.82) is 0 Å². The maximum Gasteiger partial charge on any atom is 0.387 e. The second-order valence-electron chi connectivity index (χ2n) is 4.52. The van der Waals surface area contributed by atoms with Crippen LogP contribution in [0, 0.1) is 0 Å². The van der Waals surface area contributed by atoms with Crippen LogP contribution in [-0.2, 0) is 18.4 Å². The average molecular weight is 307 g/mol. The highest BCUT2D eigenvalue weighted by Crippen LogP contribution is 2.15. The number of ether oxygens (including phenoxy) is 1. The first-order valence-electron chi connectivity index (χ1n) is 6.51. The molecule has 2 aromatic rings. The van der Waals surface area contributed by atoms with Crippen LogP contribution in [0.1, 0.15) is 11.1 Å². The fourth-order valence-corrected chi connectivity index (χ4v) is 1.74. The Hall–Kier alpha value is -2.70. The lowest BCUT2D eigenvalue weighted by molar-refractivity contribution is -0.116. The molecule has 1 amide bonds. The molecule has 116 valence electrons. The Balaban J connectivity index is 1.84. The summed E-state index contributed by atoms with van der Waals surface area (Å²) in [6, 6.07) is 6.00. The summed E-state index contributed by atoms with van der Waals surface area (Å²) in [5.41, 5.74) is 1.61. The molecule has 1 aromatic heterocycles. The molecule has 0 unspecified atom stereocenters. The standard InChI is InChI=1S/C15H15F2N3O2/c1-20-10-12(9-19-20)8-18-14(21)7-4-11-2-5-13(6-3-11)22-15(16)17/h2-7,9-10,15H,8H2,1H3,(H,18,21)/b7-4-. The van der Waals surface area contributed by atoms with Crippen molar-refractivity contribution in [1.82, 2.24) is 15.1 Å². The number of benzene rings is 1. The van der Waals surface area contributed by atoms with Crippen LogP contribution in [-0.4, -0.2) is 22.3 Å². The topological polar surface area (TPSA) is 56.2 Å². The zero-order chi connectivity index (χ0) is 15.9. The smallest absolute Gasteiger partial charge is 0.387 e. The van der Waals surface area contributed by atoms with Gasteiger partial charge < -0.3 is 10.1 Å². The first kappa shape index (κ1) is 15.7. The monoisotopic (exact) mass is 307 g/mol. The number of aromatic nitrogens is 2. The lowest BCUT2D eigenvalue weighted by Gasteiger charge is -2.03. The minimum absolute atomic E-state index is 0.0770. The van der Waals surface area contributed by atoms with E-state index in [1.807, 2.05) is 6.20 Å².